The van der Waals surface area contributed by atoms with Gasteiger partial charge in [0.25, 0.3) is 0 Å². The number of nitrogens with one attached hydrogen (secondary N) is 1. The first-order chi connectivity index (χ1) is 10.2. The molecule has 21 heavy (non-hydrogen) atoms. The summed E-state index contributed by atoms with van der Waals surface area (Å²) in [6.45, 7) is 10.3. The average Bonchev–Trinajstić information content (AvgIpc) is 3.32. The molecular weight excluding hydrogens is 260 g/mol. The molecule has 124 valence electrons. The van der Waals surface area contributed by atoms with Crippen LogP contribution in [0.3, 0.4) is 0 Å². The van der Waals surface area contributed by atoms with E-state index in [4.69, 9.17) is 4.74 Å². The lowest BCUT2D eigenvalue weighted by molar-refractivity contribution is 0.0641. The molecule has 0 aromatic carbocycles. The minimum Gasteiger partial charge on any atom is -0.383 e. The van der Waals surface area contributed by atoms with Crippen molar-refractivity contribution in [3.05, 3.63) is 0 Å². The van der Waals surface area contributed by atoms with Gasteiger partial charge in [0, 0.05) is 32.8 Å². The molecule has 0 unspecified atom stereocenters. The van der Waals surface area contributed by atoms with E-state index in [2.05, 4.69) is 24.1 Å². The molecule has 0 heterocycles. The van der Waals surface area contributed by atoms with Crippen LogP contribution in [-0.2, 0) is 4.74 Å². The first-order valence-corrected chi connectivity index (χ1v) is 9.13. The lowest BCUT2D eigenvalue weighted by Gasteiger charge is -2.43. The largest absolute Gasteiger partial charge is 0.383 e. The van der Waals surface area contributed by atoms with Gasteiger partial charge in [-0.05, 0) is 50.0 Å². The third-order valence-electron chi connectivity index (χ3n) is 5.45. The number of hydrogen-bond donors (Lipinski definition) is 1. The molecule has 0 saturated heterocycles. The van der Waals surface area contributed by atoms with E-state index in [1.54, 1.807) is 0 Å². The Morgan fingerprint density at radius 1 is 1.19 bits per heavy atom. The molecule has 0 radical (unpaired) electrons. The third-order valence-corrected chi connectivity index (χ3v) is 5.45. The van der Waals surface area contributed by atoms with Gasteiger partial charge in [-0.15, -0.1) is 0 Å². The first kappa shape index (κ1) is 17.2. The number of hydrogen-bond acceptors (Lipinski definition) is 3. The van der Waals surface area contributed by atoms with Crippen molar-refractivity contribution in [1.29, 1.82) is 0 Å². The van der Waals surface area contributed by atoms with Gasteiger partial charge < -0.3 is 10.1 Å². The van der Waals surface area contributed by atoms with Crippen LogP contribution < -0.4 is 5.32 Å². The van der Waals surface area contributed by atoms with E-state index < -0.39 is 0 Å². The van der Waals surface area contributed by atoms with Crippen LogP contribution in [0.4, 0.5) is 0 Å². The van der Waals surface area contributed by atoms with Crippen LogP contribution in [0.15, 0.2) is 0 Å². The summed E-state index contributed by atoms with van der Waals surface area (Å²) in [6.07, 6.45) is 9.68. The summed E-state index contributed by atoms with van der Waals surface area (Å²) in [7, 11) is 1.83. The van der Waals surface area contributed by atoms with Gasteiger partial charge in [0.05, 0.1) is 6.61 Å². The molecule has 0 aromatic rings. The van der Waals surface area contributed by atoms with Gasteiger partial charge in [0.2, 0.25) is 0 Å². The molecule has 2 saturated carbocycles. The van der Waals surface area contributed by atoms with E-state index in [0.29, 0.717) is 5.41 Å². The fourth-order valence-corrected chi connectivity index (χ4v) is 3.77. The van der Waals surface area contributed by atoms with Gasteiger partial charge in [-0.3, -0.25) is 4.90 Å². The van der Waals surface area contributed by atoms with Gasteiger partial charge in [-0.25, -0.2) is 0 Å². The molecule has 1 N–H and O–H groups in total. The Labute approximate surface area is 131 Å². The van der Waals surface area contributed by atoms with E-state index in [1.807, 2.05) is 7.11 Å². The molecule has 3 heteroatoms. The van der Waals surface area contributed by atoms with Crippen LogP contribution in [0, 0.1) is 11.3 Å². The Balaban J connectivity index is 1.92. The van der Waals surface area contributed by atoms with Gasteiger partial charge >= 0.3 is 0 Å². The highest BCUT2D eigenvalue weighted by atomic mass is 16.5. The van der Waals surface area contributed by atoms with Crippen LogP contribution in [0.2, 0.25) is 0 Å². The van der Waals surface area contributed by atoms with Crippen LogP contribution >= 0.6 is 0 Å². The maximum Gasteiger partial charge on any atom is 0.0589 e. The quantitative estimate of drug-likeness (QED) is 0.626. The molecule has 3 nitrogen and oxygen atoms in total. The zero-order valence-electron chi connectivity index (χ0n) is 14.5. The second-order valence-corrected chi connectivity index (χ2v) is 7.55. The maximum atomic E-state index is 5.33. The molecular formula is C18H36N2O. The Bertz CT molecular complexity index is 283. The zero-order chi connectivity index (χ0) is 15.1. The van der Waals surface area contributed by atoms with Crippen molar-refractivity contribution < 1.29 is 4.74 Å². The summed E-state index contributed by atoms with van der Waals surface area (Å²) in [4.78, 5) is 2.73. The molecule has 2 fully saturated rings. The lowest BCUT2D eigenvalue weighted by atomic mass is 9.70. The fraction of sp³-hybridized carbons (Fsp3) is 1.00. The standard InChI is InChI=1S/C18H36N2O/c1-4-11-19-14-18(9-7-16(2)8-10-18)15-20(12-13-21-3)17-5-6-17/h16-17,19H,4-15H2,1-3H3. The van der Waals surface area contributed by atoms with Crippen LogP contribution in [-0.4, -0.2) is 50.8 Å². The minimum atomic E-state index is 0.512. The molecule has 2 aliphatic rings. The predicted octanol–water partition coefficient (Wildman–Crippen LogP) is 3.29. The van der Waals surface area contributed by atoms with Gasteiger partial charge in [-0.1, -0.05) is 26.7 Å². The molecule has 0 bridgehead atoms. The van der Waals surface area contributed by atoms with E-state index in [9.17, 15) is 0 Å². The third kappa shape index (κ3) is 5.54. The summed E-state index contributed by atoms with van der Waals surface area (Å²) in [5.74, 6) is 0.928. The monoisotopic (exact) mass is 296 g/mol. The smallest absolute Gasteiger partial charge is 0.0589 e. The van der Waals surface area contributed by atoms with Crippen molar-refractivity contribution in [3.63, 3.8) is 0 Å². The Hall–Kier alpha value is -0.120. The Kier molecular flexibility index (Phi) is 6.97. The SMILES string of the molecule is CCCNCC1(CN(CCOC)C2CC2)CCC(C)CC1. The van der Waals surface area contributed by atoms with Crippen molar-refractivity contribution in [2.24, 2.45) is 11.3 Å². The summed E-state index contributed by atoms with van der Waals surface area (Å²) < 4.78 is 5.33. The van der Waals surface area contributed by atoms with Crippen molar-refractivity contribution >= 4 is 0 Å². The second-order valence-electron chi connectivity index (χ2n) is 7.55. The van der Waals surface area contributed by atoms with E-state index in [1.165, 1.54) is 64.6 Å². The summed E-state index contributed by atoms with van der Waals surface area (Å²) >= 11 is 0. The highest BCUT2D eigenvalue weighted by molar-refractivity contribution is 4.93. The average molecular weight is 296 g/mol. The van der Waals surface area contributed by atoms with Crippen molar-refractivity contribution in [1.82, 2.24) is 10.2 Å². The minimum absolute atomic E-state index is 0.512. The molecule has 0 aliphatic heterocycles. The van der Waals surface area contributed by atoms with E-state index >= 15 is 0 Å². The van der Waals surface area contributed by atoms with Crippen molar-refractivity contribution in [3.8, 4) is 0 Å². The second kappa shape index (κ2) is 8.50. The molecule has 2 aliphatic carbocycles. The van der Waals surface area contributed by atoms with Gasteiger partial charge in [0.1, 0.15) is 0 Å². The zero-order valence-corrected chi connectivity index (χ0v) is 14.5. The van der Waals surface area contributed by atoms with Crippen molar-refractivity contribution in [2.75, 3.05) is 39.9 Å². The summed E-state index contributed by atoms with van der Waals surface area (Å²) in [5, 5.41) is 3.72. The first-order valence-electron chi connectivity index (χ1n) is 9.13. The number of rotatable bonds is 10. The fourth-order valence-electron chi connectivity index (χ4n) is 3.77. The van der Waals surface area contributed by atoms with Crippen LogP contribution in [0.1, 0.15) is 58.8 Å². The van der Waals surface area contributed by atoms with E-state index in [0.717, 1.165) is 25.1 Å². The number of methoxy groups -OCH3 is 1. The van der Waals surface area contributed by atoms with Gasteiger partial charge in [-0.2, -0.15) is 0 Å². The Morgan fingerprint density at radius 2 is 1.90 bits per heavy atom. The normalized spacial score (nSPS) is 30.0. The highest BCUT2D eigenvalue weighted by Crippen LogP contribution is 2.41. The number of nitrogens with zero attached hydrogens (tertiary/aromatic N) is 1. The van der Waals surface area contributed by atoms with Crippen LogP contribution in [0.5, 0.6) is 0 Å². The topological polar surface area (TPSA) is 24.5 Å². The summed E-state index contributed by atoms with van der Waals surface area (Å²) in [5.41, 5.74) is 0.512. The number of ether oxygens (including phenoxy) is 1. The van der Waals surface area contributed by atoms with E-state index in [-0.39, 0.29) is 0 Å². The van der Waals surface area contributed by atoms with Gasteiger partial charge in [0.15, 0.2) is 0 Å². The Morgan fingerprint density at radius 3 is 2.48 bits per heavy atom. The predicted molar refractivity (Wildman–Crippen MR) is 89.7 cm³/mol. The maximum absolute atomic E-state index is 5.33. The molecule has 0 amide bonds. The molecule has 2 rings (SSSR count). The summed E-state index contributed by atoms with van der Waals surface area (Å²) in [6, 6.07) is 0.850. The van der Waals surface area contributed by atoms with Crippen LogP contribution in [0.25, 0.3) is 0 Å². The highest BCUT2D eigenvalue weighted by Gasteiger charge is 2.39. The lowest BCUT2D eigenvalue weighted by Crippen LogP contribution is -2.47. The molecule has 0 atom stereocenters. The van der Waals surface area contributed by atoms with Crippen molar-refractivity contribution in [2.45, 2.75) is 64.8 Å². The molecule has 0 spiro atoms. The molecule has 0 aromatic heterocycles.